The fraction of sp³-hybridized carbons (Fsp3) is 0.412. The molecule has 2 atom stereocenters. The molecule has 0 radical (unpaired) electrons. The van der Waals surface area contributed by atoms with E-state index in [1.165, 1.54) is 27.5 Å². The summed E-state index contributed by atoms with van der Waals surface area (Å²) in [6, 6.07) is 6.51. The Morgan fingerprint density at radius 1 is 1.04 bits per heavy atom. The maximum absolute atomic E-state index is 14.9. The first kappa shape index (κ1) is 32.6. The minimum atomic E-state index is -1.17. The van der Waals surface area contributed by atoms with Crippen molar-refractivity contribution in [1.29, 1.82) is 0 Å². The fourth-order valence-corrected chi connectivity index (χ4v) is 6.14. The molecule has 10 nitrogen and oxygen atoms in total. The number of hydrogen-bond acceptors (Lipinski definition) is 5. The Balaban J connectivity index is 1.75. The summed E-state index contributed by atoms with van der Waals surface area (Å²) in [5.74, 6) is -1.88. The van der Waals surface area contributed by atoms with Crippen LogP contribution in [-0.2, 0) is 22.4 Å². The van der Waals surface area contributed by atoms with E-state index < -0.39 is 41.6 Å². The summed E-state index contributed by atoms with van der Waals surface area (Å²) >= 11 is 0. The third kappa shape index (κ3) is 6.08. The minimum Gasteiger partial charge on any atom is -0.481 e. The zero-order valence-electron chi connectivity index (χ0n) is 27.1. The molecule has 0 unspecified atom stereocenters. The van der Waals surface area contributed by atoms with Gasteiger partial charge in [0.05, 0.1) is 29.5 Å². The molecule has 1 aliphatic rings. The SMILES string of the molecule is CCC[C@H]1c2c(nn(-c3cc(C)c(F)c(C)c3)c2-n2ccn(-c3ccc(CC(=O)O)c(F)c3)c2=O)C[C@@H](C)N1C(=O)OC(C)(C)C. The quantitative estimate of drug-likeness (QED) is 0.253. The lowest BCUT2D eigenvalue weighted by molar-refractivity contribution is -0.136. The summed E-state index contributed by atoms with van der Waals surface area (Å²) in [5, 5.41) is 14.1. The van der Waals surface area contributed by atoms with Gasteiger partial charge in [0.1, 0.15) is 23.1 Å². The monoisotopic (exact) mass is 635 g/mol. The third-order valence-corrected chi connectivity index (χ3v) is 8.10. The summed E-state index contributed by atoms with van der Waals surface area (Å²) in [7, 11) is 0. The lowest BCUT2D eigenvalue weighted by Crippen LogP contribution is -2.48. The van der Waals surface area contributed by atoms with Gasteiger partial charge in [0, 0.05) is 30.4 Å². The first-order chi connectivity index (χ1) is 21.6. The van der Waals surface area contributed by atoms with Crippen LogP contribution in [0.1, 0.15) is 81.4 Å². The van der Waals surface area contributed by atoms with Gasteiger partial charge in [-0.1, -0.05) is 19.4 Å². The standard InChI is InChI=1S/C34H39F2N5O5/c1-8-9-27-29-26(16-21(4)40(27)33(45)46-34(5,6)7)37-41(24-14-19(2)30(36)20(3)15-24)31(29)39-13-12-38(32(39)44)23-11-10-22(17-28(42)43)25(35)18-23/h10-15,18,21,27H,8-9,16-17H2,1-7H3,(H,42,43)/t21-,27+/m1/s1. The molecule has 0 bridgehead atoms. The molecule has 0 saturated heterocycles. The average Bonchev–Trinajstić information content (AvgIpc) is 3.51. The lowest BCUT2D eigenvalue weighted by atomic mass is 9.91. The normalized spacial score (nSPS) is 16.4. The van der Waals surface area contributed by atoms with Gasteiger partial charge in [0.15, 0.2) is 0 Å². The molecule has 1 amide bonds. The van der Waals surface area contributed by atoms with Gasteiger partial charge in [-0.25, -0.2) is 23.1 Å². The first-order valence-corrected chi connectivity index (χ1v) is 15.3. The van der Waals surface area contributed by atoms with Crippen LogP contribution in [0.2, 0.25) is 0 Å². The number of nitrogens with zero attached hydrogens (tertiary/aromatic N) is 5. The van der Waals surface area contributed by atoms with Crippen molar-refractivity contribution in [3.05, 3.63) is 92.8 Å². The molecule has 2 aromatic carbocycles. The molecule has 4 aromatic rings. The molecule has 0 fully saturated rings. The second-order valence-corrected chi connectivity index (χ2v) is 12.9. The number of aliphatic carboxylic acids is 1. The predicted molar refractivity (Wildman–Crippen MR) is 168 cm³/mol. The maximum atomic E-state index is 14.9. The Bertz CT molecular complexity index is 1860. The molecular formula is C34H39F2N5O5. The maximum Gasteiger partial charge on any atom is 0.411 e. The van der Waals surface area contributed by atoms with Gasteiger partial charge >= 0.3 is 17.8 Å². The van der Waals surface area contributed by atoms with Crippen LogP contribution >= 0.6 is 0 Å². The number of amides is 1. The van der Waals surface area contributed by atoms with Crippen LogP contribution in [0.3, 0.4) is 0 Å². The molecule has 5 rings (SSSR count). The Hall–Kier alpha value is -4.74. The molecule has 0 spiro atoms. The Morgan fingerprint density at radius 3 is 2.28 bits per heavy atom. The van der Waals surface area contributed by atoms with E-state index in [0.29, 0.717) is 53.2 Å². The minimum absolute atomic E-state index is 0.00307. The molecule has 2 aromatic heterocycles. The molecule has 12 heteroatoms. The molecule has 46 heavy (non-hydrogen) atoms. The number of halogens is 2. The molecule has 0 aliphatic carbocycles. The van der Waals surface area contributed by atoms with Gasteiger partial charge in [-0.3, -0.25) is 18.8 Å². The van der Waals surface area contributed by atoms with E-state index in [4.69, 9.17) is 14.9 Å². The summed E-state index contributed by atoms with van der Waals surface area (Å²) in [5.41, 5.74) is 1.66. The Kier molecular flexibility index (Phi) is 8.67. The molecule has 1 N–H and O–H groups in total. The van der Waals surface area contributed by atoms with Crippen molar-refractivity contribution in [1.82, 2.24) is 23.8 Å². The van der Waals surface area contributed by atoms with Gasteiger partial charge in [-0.2, -0.15) is 5.10 Å². The van der Waals surface area contributed by atoms with Crippen molar-refractivity contribution in [2.75, 3.05) is 0 Å². The van der Waals surface area contributed by atoms with Crippen LogP contribution in [-0.4, -0.2) is 52.6 Å². The average molecular weight is 636 g/mol. The highest BCUT2D eigenvalue weighted by molar-refractivity contribution is 5.71. The number of imidazole rings is 1. The van der Waals surface area contributed by atoms with Crippen LogP contribution in [0.15, 0.2) is 47.5 Å². The molecule has 0 saturated carbocycles. The summed E-state index contributed by atoms with van der Waals surface area (Å²) in [6.07, 6.45) is 3.73. The predicted octanol–water partition coefficient (Wildman–Crippen LogP) is 6.36. The van der Waals surface area contributed by atoms with E-state index in [2.05, 4.69) is 0 Å². The van der Waals surface area contributed by atoms with Gasteiger partial charge in [0.25, 0.3) is 0 Å². The number of rotatable bonds is 7. The smallest absolute Gasteiger partial charge is 0.411 e. The number of fused-ring (bicyclic) bond motifs is 1. The zero-order valence-corrected chi connectivity index (χ0v) is 27.1. The second-order valence-electron chi connectivity index (χ2n) is 12.9. The topological polar surface area (TPSA) is 112 Å². The van der Waals surface area contributed by atoms with E-state index >= 15 is 0 Å². The summed E-state index contributed by atoms with van der Waals surface area (Å²) in [6.45, 7) is 12.7. The number of carboxylic acids is 1. The van der Waals surface area contributed by atoms with Crippen molar-refractivity contribution in [3.8, 4) is 17.2 Å². The van der Waals surface area contributed by atoms with Gasteiger partial charge in [0.2, 0.25) is 0 Å². The number of carboxylic acid groups (broad SMARTS) is 1. The lowest BCUT2D eigenvalue weighted by Gasteiger charge is -2.41. The second kappa shape index (κ2) is 12.2. The molecular weight excluding hydrogens is 596 g/mol. The fourth-order valence-electron chi connectivity index (χ4n) is 6.14. The van der Waals surface area contributed by atoms with E-state index in [1.807, 2.05) is 34.6 Å². The van der Waals surface area contributed by atoms with E-state index in [9.17, 15) is 23.2 Å². The third-order valence-electron chi connectivity index (χ3n) is 8.10. The number of benzene rings is 2. The number of aromatic nitrogens is 4. The summed E-state index contributed by atoms with van der Waals surface area (Å²) < 4.78 is 39.7. The van der Waals surface area contributed by atoms with Gasteiger partial charge in [-0.15, -0.1) is 0 Å². The van der Waals surface area contributed by atoms with Crippen LogP contribution in [0, 0.1) is 25.5 Å². The molecule has 244 valence electrons. The van der Waals surface area contributed by atoms with Crippen molar-refractivity contribution >= 4 is 12.1 Å². The van der Waals surface area contributed by atoms with Gasteiger partial charge < -0.3 is 9.84 Å². The highest BCUT2D eigenvalue weighted by Gasteiger charge is 2.42. The van der Waals surface area contributed by atoms with Crippen LogP contribution in [0.25, 0.3) is 17.2 Å². The zero-order chi connectivity index (χ0) is 33.7. The number of aryl methyl sites for hydroxylation is 2. The van der Waals surface area contributed by atoms with Crippen molar-refractivity contribution in [3.63, 3.8) is 0 Å². The number of ether oxygens (including phenoxy) is 1. The highest BCUT2D eigenvalue weighted by atomic mass is 19.1. The van der Waals surface area contributed by atoms with Crippen molar-refractivity contribution in [2.45, 2.75) is 91.8 Å². The number of hydrogen-bond donors (Lipinski definition) is 1. The molecule has 1 aliphatic heterocycles. The number of carbonyl (C=O) groups is 2. The van der Waals surface area contributed by atoms with E-state index in [-0.39, 0.29) is 23.1 Å². The van der Waals surface area contributed by atoms with Crippen LogP contribution in [0.5, 0.6) is 0 Å². The first-order valence-electron chi connectivity index (χ1n) is 15.3. The van der Waals surface area contributed by atoms with Gasteiger partial charge in [-0.05, 0) is 88.9 Å². The largest absolute Gasteiger partial charge is 0.481 e. The highest BCUT2D eigenvalue weighted by Crippen LogP contribution is 2.41. The van der Waals surface area contributed by atoms with E-state index in [0.717, 1.165) is 6.07 Å². The van der Waals surface area contributed by atoms with Crippen molar-refractivity contribution < 1.29 is 28.2 Å². The number of carbonyl (C=O) groups excluding carboxylic acids is 1. The van der Waals surface area contributed by atoms with Crippen molar-refractivity contribution in [2.24, 2.45) is 0 Å². The molecule has 3 heterocycles. The Labute approximate surface area is 265 Å². The Morgan fingerprint density at radius 2 is 1.70 bits per heavy atom. The van der Waals surface area contributed by atoms with Crippen LogP contribution < -0.4 is 5.69 Å². The summed E-state index contributed by atoms with van der Waals surface area (Å²) in [4.78, 5) is 40.6. The van der Waals surface area contributed by atoms with Crippen LogP contribution in [0.4, 0.5) is 13.6 Å². The van der Waals surface area contributed by atoms with E-state index in [1.54, 1.807) is 41.8 Å².